The van der Waals surface area contributed by atoms with Crippen molar-refractivity contribution in [1.82, 2.24) is 0 Å². The van der Waals surface area contributed by atoms with Crippen molar-refractivity contribution in [2.24, 2.45) is 28.6 Å². The molecule has 1 heteroatoms. The smallest absolute Gasteiger partial charge is 0.0230 e. The summed E-state index contributed by atoms with van der Waals surface area (Å²) in [4.78, 5) is 0. The molecule has 0 aliphatic heterocycles. The summed E-state index contributed by atoms with van der Waals surface area (Å²) in [6, 6.07) is 0. The highest BCUT2D eigenvalue weighted by Crippen LogP contribution is 2.66. The summed E-state index contributed by atoms with van der Waals surface area (Å²) in [5, 5.41) is 0.811. The van der Waals surface area contributed by atoms with E-state index in [1.165, 1.54) is 70.0 Å². The Kier molecular flexibility index (Phi) is 4.93. The fourth-order valence-corrected chi connectivity index (χ4v) is 8.42. The molecule has 4 aliphatic rings. The van der Waals surface area contributed by atoms with Crippen LogP contribution in [0.2, 0.25) is 0 Å². The highest BCUT2D eigenvalue weighted by molar-refractivity contribution is 8.00. The Hall–Kier alpha value is -0.170. The topological polar surface area (TPSA) is 0 Å². The van der Waals surface area contributed by atoms with Gasteiger partial charge in [0.1, 0.15) is 0 Å². The van der Waals surface area contributed by atoms with Crippen molar-refractivity contribution in [2.45, 2.75) is 90.2 Å². The SMILES string of the molecule is C=C1CCC2C3CCC4=C[C@H](SCCCC)CC[C@]4(C)C3CC[C@]12C.[HH]. The number of rotatable bonds is 4. The van der Waals surface area contributed by atoms with Crippen LogP contribution in [0.4, 0.5) is 0 Å². The molecule has 0 nitrogen and oxygen atoms in total. The summed E-state index contributed by atoms with van der Waals surface area (Å²) in [5.41, 5.74) is 4.44. The second kappa shape index (κ2) is 6.77. The number of hydrogen-bond donors (Lipinski definition) is 0. The Labute approximate surface area is 161 Å². The van der Waals surface area contributed by atoms with Crippen molar-refractivity contribution < 1.29 is 1.43 Å². The Morgan fingerprint density at radius 2 is 1.84 bits per heavy atom. The van der Waals surface area contributed by atoms with Crippen molar-refractivity contribution in [1.29, 1.82) is 0 Å². The van der Waals surface area contributed by atoms with Crippen LogP contribution in [0, 0.1) is 28.6 Å². The molecule has 0 N–H and O–H groups in total. The van der Waals surface area contributed by atoms with E-state index in [0.29, 0.717) is 10.8 Å². The molecule has 25 heavy (non-hydrogen) atoms. The fourth-order valence-electron chi connectivity index (χ4n) is 7.11. The van der Waals surface area contributed by atoms with E-state index in [9.17, 15) is 0 Å². The van der Waals surface area contributed by atoms with Gasteiger partial charge in [-0.25, -0.2) is 0 Å². The molecule has 0 aromatic carbocycles. The molecular formula is C24H40S. The van der Waals surface area contributed by atoms with Crippen LogP contribution in [-0.2, 0) is 0 Å². The zero-order valence-corrected chi connectivity index (χ0v) is 17.6. The normalized spacial score (nSPS) is 46.2. The van der Waals surface area contributed by atoms with Crippen LogP contribution in [0.25, 0.3) is 0 Å². The summed E-state index contributed by atoms with van der Waals surface area (Å²) < 4.78 is 0. The Morgan fingerprint density at radius 3 is 2.64 bits per heavy atom. The fraction of sp³-hybridized carbons (Fsp3) is 0.833. The first-order valence-corrected chi connectivity index (χ1v) is 12.0. The Morgan fingerprint density at radius 1 is 1.08 bits per heavy atom. The van der Waals surface area contributed by atoms with Gasteiger partial charge in [0.2, 0.25) is 0 Å². The average Bonchev–Trinajstić information content (AvgIpc) is 2.90. The third kappa shape index (κ3) is 2.88. The zero-order chi connectivity index (χ0) is 17.7. The summed E-state index contributed by atoms with van der Waals surface area (Å²) in [6.07, 6.45) is 16.8. The van der Waals surface area contributed by atoms with Gasteiger partial charge in [0.05, 0.1) is 0 Å². The molecule has 0 amide bonds. The van der Waals surface area contributed by atoms with Crippen molar-refractivity contribution >= 4 is 11.8 Å². The second-order valence-corrected chi connectivity index (χ2v) is 11.3. The molecule has 0 aromatic rings. The van der Waals surface area contributed by atoms with E-state index in [1.807, 2.05) is 5.57 Å². The number of allylic oxidation sites excluding steroid dienone is 2. The van der Waals surface area contributed by atoms with E-state index >= 15 is 0 Å². The van der Waals surface area contributed by atoms with Crippen LogP contribution in [0.5, 0.6) is 0 Å². The van der Waals surface area contributed by atoms with Crippen LogP contribution in [0.15, 0.2) is 23.8 Å². The molecule has 0 saturated heterocycles. The van der Waals surface area contributed by atoms with Crippen LogP contribution >= 0.6 is 11.8 Å². The third-order valence-corrected chi connectivity index (χ3v) is 10.2. The van der Waals surface area contributed by atoms with Gasteiger partial charge < -0.3 is 0 Å². The maximum atomic E-state index is 4.48. The first kappa shape index (κ1) is 18.2. The molecule has 4 aliphatic carbocycles. The first-order valence-electron chi connectivity index (χ1n) is 11.0. The standard InChI is InChI=1S/C24H38S.H2/c1-5-6-15-25-19-11-13-24(4)18(16-19)8-9-20-21-10-7-17(2)23(21,3)14-12-22(20)24;/h16,19-22H,2,5-15H2,1,3-4H3;1H/t19-,20?,21?,22?,23-,24+;/m1./s1. The number of fused-ring (bicyclic) bond motifs is 5. The minimum Gasteiger partial charge on any atom is -0.154 e. The van der Waals surface area contributed by atoms with E-state index in [0.717, 1.165) is 23.0 Å². The van der Waals surface area contributed by atoms with Crippen molar-refractivity contribution in [2.75, 3.05) is 5.75 Å². The minimum atomic E-state index is 0. The average molecular weight is 361 g/mol. The predicted octanol–water partition coefficient (Wildman–Crippen LogP) is 7.65. The van der Waals surface area contributed by atoms with E-state index in [4.69, 9.17) is 0 Å². The third-order valence-electron chi connectivity index (χ3n) is 8.86. The van der Waals surface area contributed by atoms with Gasteiger partial charge in [0, 0.05) is 6.68 Å². The lowest BCUT2D eigenvalue weighted by atomic mass is 9.47. The van der Waals surface area contributed by atoms with Gasteiger partial charge in [-0.05, 0) is 92.1 Å². The summed E-state index contributed by atoms with van der Waals surface area (Å²) >= 11 is 2.23. The van der Waals surface area contributed by atoms with Gasteiger partial charge in [-0.2, -0.15) is 11.8 Å². The minimum absolute atomic E-state index is 0. The lowest BCUT2D eigenvalue weighted by molar-refractivity contribution is -0.0251. The van der Waals surface area contributed by atoms with Gasteiger partial charge in [-0.15, -0.1) is 0 Å². The molecule has 0 heterocycles. The van der Waals surface area contributed by atoms with Crippen LogP contribution in [0.3, 0.4) is 0 Å². The van der Waals surface area contributed by atoms with Crippen molar-refractivity contribution in [3.63, 3.8) is 0 Å². The van der Waals surface area contributed by atoms with E-state index < -0.39 is 0 Å². The van der Waals surface area contributed by atoms with Gasteiger partial charge in [-0.1, -0.05) is 51.0 Å². The van der Waals surface area contributed by atoms with Crippen LogP contribution in [-0.4, -0.2) is 11.0 Å². The van der Waals surface area contributed by atoms with Crippen LogP contribution in [0.1, 0.15) is 86.4 Å². The summed E-state index contributed by atoms with van der Waals surface area (Å²) in [7, 11) is 0. The molecule has 3 saturated carbocycles. The van der Waals surface area contributed by atoms with Gasteiger partial charge in [0.25, 0.3) is 0 Å². The molecule has 4 rings (SSSR count). The first-order chi connectivity index (χ1) is 12.0. The molecule has 0 spiro atoms. The van der Waals surface area contributed by atoms with Crippen molar-refractivity contribution in [3.05, 3.63) is 23.8 Å². The highest BCUT2D eigenvalue weighted by Gasteiger charge is 2.57. The summed E-state index contributed by atoms with van der Waals surface area (Å²) in [5.74, 6) is 4.23. The van der Waals surface area contributed by atoms with E-state index in [2.05, 4.69) is 45.2 Å². The van der Waals surface area contributed by atoms with Crippen LogP contribution < -0.4 is 0 Å². The largest absolute Gasteiger partial charge is 0.154 e. The van der Waals surface area contributed by atoms with Gasteiger partial charge in [0.15, 0.2) is 0 Å². The van der Waals surface area contributed by atoms with Crippen molar-refractivity contribution in [3.8, 4) is 0 Å². The Balaban J connectivity index is 0.00000196. The number of hydrogen-bond acceptors (Lipinski definition) is 1. The number of unbranched alkanes of at least 4 members (excludes halogenated alkanes) is 1. The highest BCUT2D eigenvalue weighted by atomic mass is 32.2. The molecule has 3 fully saturated rings. The summed E-state index contributed by atoms with van der Waals surface area (Å²) in [6.45, 7) is 12.0. The maximum Gasteiger partial charge on any atom is 0.0230 e. The zero-order valence-electron chi connectivity index (χ0n) is 16.8. The molecule has 142 valence electrons. The molecule has 6 atom stereocenters. The molecule has 3 unspecified atom stereocenters. The van der Waals surface area contributed by atoms with Gasteiger partial charge in [-0.3, -0.25) is 0 Å². The maximum absolute atomic E-state index is 4.48. The monoisotopic (exact) mass is 360 g/mol. The molecule has 0 radical (unpaired) electrons. The molecular weight excluding hydrogens is 320 g/mol. The molecule has 0 bridgehead atoms. The molecule has 0 aromatic heterocycles. The quantitative estimate of drug-likeness (QED) is 0.366. The van der Waals surface area contributed by atoms with Gasteiger partial charge >= 0.3 is 0 Å². The van der Waals surface area contributed by atoms with E-state index in [-0.39, 0.29) is 1.43 Å². The second-order valence-electron chi connectivity index (χ2n) is 9.92. The predicted molar refractivity (Wildman–Crippen MR) is 114 cm³/mol. The van der Waals surface area contributed by atoms with E-state index in [1.54, 1.807) is 5.57 Å². The lowest BCUT2D eigenvalue weighted by Gasteiger charge is -2.58. The Bertz CT molecular complexity index is 567. The number of thioether (sulfide) groups is 1. The lowest BCUT2D eigenvalue weighted by Crippen LogP contribution is -2.49.